The van der Waals surface area contributed by atoms with Crippen LogP contribution in [0, 0.1) is 6.92 Å². The zero-order chi connectivity index (χ0) is 12.5. The van der Waals surface area contributed by atoms with Crippen LogP contribution in [0.25, 0.3) is 0 Å². The molecule has 0 N–H and O–H groups in total. The predicted octanol–water partition coefficient (Wildman–Crippen LogP) is 2.26. The summed E-state index contributed by atoms with van der Waals surface area (Å²) in [4.78, 5) is 3.49. The van der Waals surface area contributed by atoms with E-state index in [1.54, 1.807) is 0 Å². The third-order valence-electron chi connectivity index (χ3n) is 1.89. The fourth-order valence-electron chi connectivity index (χ4n) is 1.22. The highest BCUT2D eigenvalue weighted by Gasteiger charge is 2.27. The summed E-state index contributed by atoms with van der Waals surface area (Å²) in [5.41, 5.74) is -0.382. The molecule has 0 atom stereocenters. The quantitative estimate of drug-likeness (QED) is 0.792. The summed E-state index contributed by atoms with van der Waals surface area (Å²) < 4.78 is 52.2. The van der Waals surface area contributed by atoms with Crippen LogP contribution in [0.5, 0.6) is 5.75 Å². The van der Waals surface area contributed by atoms with Crippen LogP contribution in [0.2, 0.25) is 0 Å². The molecule has 0 spiro atoms. The maximum atomic E-state index is 12.7. The smallest absolute Gasteiger partial charge is 0.282 e. The summed E-state index contributed by atoms with van der Waals surface area (Å²) >= 11 is 0. The monoisotopic (exact) mass is 271 g/mol. The Balaban J connectivity index is 3.62. The van der Waals surface area contributed by atoms with Crippen LogP contribution < -0.4 is 4.74 Å². The number of ether oxygens (including phenoxy) is 1. The van der Waals surface area contributed by atoms with Crippen molar-refractivity contribution in [3.05, 3.63) is 17.3 Å². The molecule has 16 heavy (non-hydrogen) atoms. The third kappa shape index (κ3) is 2.41. The first kappa shape index (κ1) is 13.1. The van der Waals surface area contributed by atoms with E-state index in [4.69, 9.17) is 10.7 Å². The van der Waals surface area contributed by atoms with Gasteiger partial charge >= 0.3 is 0 Å². The molecule has 8 heteroatoms. The van der Waals surface area contributed by atoms with Gasteiger partial charge in [-0.3, -0.25) is 0 Å². The maximum Gasteiger partial charge on any atom is 0.282 e. The van der Waals surface area contributed by atoms with Gasteiger partial charge in [-0.25, -0.2) is 22.2 Å². The molecule has 1 heterocycles. The van der Waals surface area contributed by atoms with Crippen molar-refractivity contribution in [1.82, 2.24) is 4.98 Å². The summed E-state index contributed by atoms with van der Waals surface area (Å²) in [5.74, 6) is -0.509. The van der Waals surface area contributed by atoms with Crippen molar-refractivity contribution >= 4 is 19.7 Å². The topological polar surface area (TPSA) is 56.3 Å². The molecule has 1 rings (SSSR count). The zero-order valence-electron chi connectivity index (χ0n) is 8.37. The molecule has 0 radical (unpaired) electrons. The predicted molar refractivity (Wildman–Crippen MR) is 53.5 cm³/mol. The largest absolute Gasteiger partial charge is 0.493 e. The molecule has 0 amide bonds. The van der Waals surface area contributed by atoms with E-state index in [0.29, 0.717) is 0 Å². The summed E-state index contributed by atoms with van der Waals surface area (Å²) in [6.07, 6.45) is -1.85. The van der Waals surface area contributed by atoms with Crippen LogP contribution in [0.4, 0.5) is 8.78 Å². The van der Waals surface area contributed by atoms with Crippen molar-refractivity contribution in [2.75, 3.05) is 7.11 Å². The number of pyridine rings is 1. The molecule has 0 saturated heterocycles. The van der Waals surface area contributed by atoms with Crippen molar-refractivity contribution in [2.45, 2.75) is 18.4 Å². The van der Waals surface area contributed by atoms with Gasteiger partial charge in [0, 0.05) is 16.9 Å². The molecule has 0 aliphatic rings. The Bertz CT molecular complexity index is 504. The van der Waals surface area contributed by atoms with E-state index in [9.17, 15) is 17.2 Å². The van der Waals surface area contributed by atoms with Crippen LogP contribution in [-0.2, 0) is 9.05 Å². The number of aryl methyl sites for hydroxylation is 1. The van der Waals surface area contributed by atoms with Crippen molar-refractivity contribution in [1.29, 1.82) is 0 Å². The first-order chi connectivity index (χ1) is 7.29. The summed E-state index contributed by atoms with van der Waals surface area (Å²) in [6.45, 7) is 1.38. The lowest BCUT2D eigenvalue weighted by Gasteiger charge is -2.12. The third-order valence-corrected chi connectivity index (χ3v) is 3.08. The Morgan fingerprint density at radius 3 is 2.44 bits per heavy atom. The second-order valence-corrected chi connectivity index (χ2v) is 5.41. The Hall–Kier alpha value is -0.950. The number of nitrogens with zero attached hydrogens (tertiary/aromatic N) is 1. The number of hydrogen-bond donors (Lipinski definition) is 0. The highest BCUT2D eigenvalue weighted by Crippen LogP contribution is 2.36. The van der Waals surface area contributed by atoms with Gasteiger partial charge < -0.3 is 4.74 Å². The Morgan fingerprint density at radius 1 is 1.50 bits per heavy atom. The molecule has 0 saturated carbocycles. The van der Waals surface area contributed by atoms with Crippen molar-refractivity contribution in [2.24, 2.45) is 0 Å². The summed E-state index contributed by atoms with van der Waals surface area (Å²) in [5, 5.41) is -0.697. The van der Waals surface area contributed by atoms with Gasteiger partial charge in [-0.2, -0.15) is 0 Å². The van der Waals surface area contributed by atoms with E-state index in [-0.39, 0.29) is 5.56 Å². The molecule has 1 aromatic heterocycles. The number of aromatic nitrogens is 1. The second kappa shape index (κ2) is 4.50. The maximum absolute atomic E-state index is 12.7. The molecule has 1 aromatic rings. The minimum atomic E-state index is -4.22. The normalized spacial score (nSPS) is 11.9. The van der Waals surface area contributed by atoms with E-state index in [0.717, 1.165) is 13.3 Å². The minimum absolute atomic E-state index is 0.135. The highest BCUT2D eigenvalue weighted by molar-refractivity contribution is 8.13. The van der Waals surface area contributed by atoms with Crippen LogP contribution >= 0.6 is 10.7 Å². The van der Waals surface area contributed by atoms with Crippen LogP contribution in [-0.4, -0.2) is 20.5 Å². The SMILES string of the molecule is COc1c(S(=O)(=O)Cl)ncc(C)c1C(F)F. The molecular formula is C8H8ClF2NO3S. The lowest BCUT2D eigenvalue weighted by atomic mass is 10.1. The Morgan fingerprint density at radius 2 is 2.06 bits per heavy atom. The van der Waals surface area contributed by atoms with Gasteiger partial charge in [-0.05, 0) is 12.5 Å². The number of methoxy groups -OCH3 is 1. The molecule has 0 fully saturated rings. The molecular weight excluding hydrogens is 264 g/mol. The van der Waals surface area contributed by atoms with E-state index in [2.05, 4.69) is 9.72 Å². The standard InChI is InChI=1S/C8H8ClF2NO3S/c1-4-3-12-8(16(9,13)14)6(15-2)5(4)7(10)11/h3,7H,1-2H3. The highest BCUT2D eigenvalue weighted by atomic mass is 35.7. The lowest BCUT2D eigenvalue weighted by molar-refractivity contribution is 0.145. The molecule has 4 nitrogen and oxygen atoms in total. The first-order valence-corrected chi connectivity index (χ1v) is 6.36. The van der Waals surface area contributed by atoms with E-state index >= 15 is 0 Å². The molecule has 0 bridgehead atoms. The van der Waals surface area contributed by atoms with Crippen molar-refractivity contribution < 1.29 is 21.9 Å². The molecule has 0 aromatic carbocycles. The van der Waals surface area contributed by atoms with Crippen LogP contribution in [0.3, 0.4) is 0 Å². The van der Waals surface area contributed by atoms with Gasteiger partial charge in [0.25, 0.3) is 15.5 Å². The van der Waals surface area contributed by atoms with Gasteiger partial charge in [0.2, 0.25) is 5.03 Å². The molecule has 0 unspecified atom stereocenters. The van der Waals surface area contributed by atoms with Gasteiger partial charge in [0.1, 0.15) is 0 Å². The summed E-state index contributed by atoms with van der Waals surface area (Å²) in [7, 11) is 1.92. The fourth-order valence-corrected chi connectivity index (χ4v) is 2.14. The van der Waals surface area contributed by atoms with Gasteiger partial charge in [-0.1, -0.05) is 0 Å². The van der Waals surface area contributed by atoms with Crippen LogP contribution in [0.15, 0.2) is 11.2 Å². The average Bonchev–Trinajstić information content (AvgIpc) is 2.14. The van der Waals surface area contributed by atoms with Gasteiger partial charge in [0.05, 0.1) is 12.7 Å². The fraction of sp³-hybridized carbons (Fsp3) is 0.375. The van der Waals surface area contributed by atoms with E-state index in [1.807, 2.05) is 0 Å². The zero-order valence-corrected chi connectivity index (χ0v) is 9.94. The van der Waals surface area contributed by atoms with E-state index in [1.165, 1.54) is 6.92 Å². The molecule has 0 aliphatic heterocycles. The molecule has 0 aliphatic carbocycles. The number of rotatable bonds is 3. The van der Waals surface area contributed by atoms with Crippen LogP contribution in [0.1, 0.15) is 17.6 Å². The minimum Gasteiger partial charge on any atom is -0.493 e. The number of hydrogen-bond acceptors (Lipinski definition) is 4. The Kier molecular flexibility index (Phi) is 3.69. The first-order valence-electron chi connectivity index (χ1n) is 4.05. The van der Waals surface area contributed by atoms with Crippen molar-refractivity contribution in [3.8, 4) is 5.75 Å². The van der Waals surface area contributed by atoms with Gasteiger partial charge in [-0.15, -0.1) is 0 Å². The Labute approximate surface area is 95.6 Å². The lowest BCUT2D eigenvalue weighted by Crippen LogP contribution is -2.05. The van der Waals surface area contributed by atoms with Gasteiger partial charge in [0.15, 0.2) is 5.75 Å². The summed E-state index contributed by atoms with van der Waals surface area (Å²) in [6, 6.07) is 0. The van der Waals surface area contributed by atoms with Crippen molar-refractivity contribution in [3.63, 3.8) is 0 Å². The van der Waals surface area contributed by atoms with E-state index < -0.39 is 31.8 Å². The molecule has 90 valence electrons. The average molecular weight is 272 g/mol. The number of alkyl halides is 2. The second-order valence-electron chi connectivity index (χ2n) is 2.93. The number of halogens is 3.